The molecule has 0 aliphatic carbocycles. The van der Waals surface area contributed by atoms with E-state index in [1.54, 1.807) is 6.07 Å². The number of carbonyl (C=O) groups is 1. The minimum absolute atomic E-state index is 0.138. The standard InChI is InChI=1S/C10H7FN2O2/c11-7-2-1-3-8(6-7)13-5-4-12-9(13)10(14)15/h1-6H,(H,14,15). The number of aromatic nitrogens is 2. The molecule has 5 heteroatoms. The Bertz CT molecular complexity index is 508. The lowest BCUT2D eigenvalue weighted by atomic mass is 10.3. The quantitative estimate of drug-likeness (QED) is 0.813. The Balaban J connectivity index is 2.54. The predicted octanol–water partition coefficient (Wildman–Crippen LogP) is 1.71. The highest BCUT2D eigenvalue weighted by Crippen LogP contribution is 2.11. The van der Waals surface area contributed by atoms with Crippen molar-refractivity contribution < 1.29 is 14.3 Å². The average Bonchev–Trinajstić information content (AvgIpc) is 2.65. The Kier molecular flexibility index (Phi) is 2.21. The van der Waals surface area contributed by atoms with Gasteiger partial charge in [-0.1, -0.05) is 6.07 Å². The van der Waals surface area contributed by atoms with Gasteiger partial charge in [0.15, 0.2) is 0 Å². The van der Waals surface area contributed by atoms with E-state index in [9.17, 15) is 9.18 Å². The van der Waals surface area contributed by atoms with Crippen molar-refractivity contribution in [1.82, 2.24) is 9.55 Å². The Morgan fingerprint density at radius 3 is 2.93 bits per heavy atom. The van der Waals surface area contributed by atoms with Crippen LogP contribution in [0.25, 0.3) is 5.69 Å². The molecule has 4 nitrogen and oxygen atoms in total. The monoisotopic (exact) mass is 206 g/mol. The number of aromatic carboxylic acids is 1. The molecule has 0 saturated carbocycles. The number of imidazole rings is 1. The van der Waals surface area contributed by atoms with E-state index in [-0.39, 0.29) is 5.82 Å². The summed E-state index contributed by atoms with van der Waals surface area (Å²) in [5.41, 5.74) is 0.435. The molecule has 0 amide bonds. The van der Waals surface area contributed by atoms with Gasteiger partial charge in [-0.25, -0.2) is 14.2 Å². The van der Waals surface area contributed by atoms with Crippen molar-refractivity contribution in [2.75, 3.05) is 0 Å². The average molecular weight is 206 g/mol. The smallest absolute Gasteiger partial charge is 0.372 e. The molecule has 1 aromatic carbocycles. The van der Waals surface area contributed by atoms with Gasteiger partial charge in [0.25, 0.3) is 0 Å². The molecule has 0 atom stereocenters. The van der Waals surface area contributed by atoms with E-state index < -0.39 is 11.8 Å². The van der Waals surface area contributed by atoms with Crippen LogP contribution in [0.5, 0.6) is 0 Å². The summed E-state index contributed by atoms with van der Waals surface area (Å²) >= 11 is 0. The van der Waals surface area contributed by atoms with E-state index in [4.69, 9.17) is 5.11 Å². The van der Waals surface area contributed by atoms with E-state index in [1.807, 2.05) is 0 Å². The first-order chi connectivity index (χ1) is 7.18. The Morgan fingerprint density at radius 2 is 2.27 bits per heavy atom. The molecule has 2 aromatic rings. The molecular formula is C10H7FN2O2. The molecule has 2 rings (SSSR count). The molecule has 76 valence electrons. The zero-order valence-corrected chi connectivity index (χ0v) is 7.59. The predicted molar refractivity (Wildman–Crippen MR) is 50.5 cm³/mol. The zero-order chi connectivity index (χ0) is 10.8. The molecule has 0 bridgehead atoms. The summed E-state index contributed by atoms with van der Waals surface area (Å²) in [5.74, 6) is -1.71. The van der Waals surface area contributed by atoms with Gasteiger partial charge in [-0.05, 0) is 18.2 Å². The van der Waals surface area contributed by atoms with Crippen molar-refractivity contribution >= 4 is 5.97 Å². The van der Waals surface area contributed by atoms with Crippen LogP contribution in [0.4, 0.5) is 4.39 Å². The SMILES string of the molecule is O=C(O)c1nccn1-c1cccc(F)c1. The maximum Gasteiger partial charge on any atom is 0.372 e. The molecule has 0 fully saturated rings. The summed E-state index contributed by atoms with van der Waals surface area (Å²) < 4.78 is 14.2. The summed E-state index contributed by atoms with van der Waals surface area (Å²) in [6.07, 6.45) is 2.83. The topological polar surface area (TPSA) is 55.1 Å². The second-order valence-corrected chi connectivity index (χ2v) is 2.91. The third-order valence-corrected chi connectivity index (χ3v) is 1.92. The van der Waals surface area contributed by atoms with Gasteiger partial charge in [0.1, 0.15) is 5.82 Å². The first-order valence-corrected chi connectivity index (χ1v) is 4.21. The van der Waals surface area contributed by atoms with Crippen LogP contribution in [0.3, 0.4) is 0 Å². The number of carboxylic acids is 1. The first-order valence-electron chi connectivity index (χ1n) is 4.21. The van der Waals surface area contributed by atoms with Gasteiger partial charge in [0.2, 0.25) is 5.82 Å². The molecule has 15 heavy (non-hydrogen) atoms. The number of benzene rings is 1. The number of nitrogens with zero attached hydrogens (tertiary/aromatic N) is 2. The van der Waals surface area contributed by atoms with Gasteiger partial charge in [-0.2, -0.15) is 0 Å². The minimum atomic E-state index is -1.15. The van der Waals surface area contributed by atoms with Crippen molar-refractivity contribution in [1.29, 1.82) is 0 Å². The Labute approximate surface area is 84.6 Å². The van der Waals surface area contributed by atoms with Crippen molar-refractivity contribution in [3.05, 3.63) is 48.3 Å². The van der Waals surface area contributed by atoms with Gasteiger partial charge in [0, 0.05) is 12.4 Å². The molecular weight excluding hydrogens is 199 g/mol. The van der Waals surface area contributed by atoms with Gasteiger partial charge in [-0.15, -0.1) is 0 Å². The highest BCUT2D eigenvalue weighted by Gasteiger charge is 2.11. The third kappa shape index (κ3) is 1.71. The van der Waals surface area contributed by atoms with Crippen LogP contribution in [0, 0.1) is 5.82 Å². The van der Waals surface area contributed by atoms with Crippen LogP contribution in [-0.2, 0) is 0 Å². The van der Waals surface area contributed by atoms with Crippen LogP contribution in [0.1, 0.15) is 10.6 Å². The molecule has 1 N–H and O–H groups in total. The summed E-state index contributed by atoms with van der Waals surface area (Å²) in [4.78, 5) is 14.4. The summed E-state index contributed by atoms with van der Waals surface area (Å²) in [6.45, 7) is 0. The Hall–Kier alpha value is -2.17. The fourth-order valence-corrected chi connectivity index (χ4v) is 1.30. The lowest BCUT2D eigenvalue weighted by molar-refractivity contribution is 0.0681. The van der Waals surface area contributed by atoms with Crippen molar-refractivity contribution in [3.63, 3.8) is 0 Å². The second-order valence-electron chi connectivity index (χ2n) is 2.91. The zero-order valence-electron chi connectivity index (χ0n) is 7.59. The van der Waals surface area contributed by atoms with E-state index >= 15 is 0 Å². The van der Waals surface area contributed by atoms with Gasteiger partial charge in [-0.3, -0.25) is 4.57 Å². The summed E-state index contributed by atoms with van der Waals surface area (Å²) in [6, 6.07) is 5.66. The fourth-order valence-electron chi connectivity index (χ4n) is 1.30. The fraction of sp³-hybridized carbons (Fsp3) is 0. The van der Waals surface area contributed by atoms with Gasteiger partial charge in [0.05, 0.1) is 5.69 Å². The molecule has 0 unspecified atom stereocenters. The van der Waals surface area contributed by atoms with E-state index in [0.717, 1.165) is 0 Å². The van der Waals surface area contributed by atoms with Crippen molar-refractivity contribution in [2.24, 2.45) is 0 Å². The van der Waals surface area contributed by atoms with Gasteiger partial charge < -0.3 is 5.11 Å². The largest absolute Gasteiger partial charge is 0.475 e. The number of rotatable bonds is 2. The maximum absolute atomic E-state index is 12.9. The van der Waals surface area contributed by atoms with Crippen LogP contribution < -0.4 is 0 Å². The molecule has 0 aliphatic heterocycles. The Morgan fingerprint density at radius 1 is 1.47 bits per heavy atom. The number of hydrogen-bond acceptors (Lipinski definition) is 2. The molecule has 0 aliphatic rings. The van der Waals surface area contributed by atoms with Crippen LogP contribution >= 0.6 is 0 Å². The minimum Gasteiger partial charge on any atom is -0.475 e. The van der Waals surface area contributed by atoms with Crippen LogP contribution in [0.2, 0.25) is 0 Å². The molecule has 1 heterocycles. The summed E-state index contributed by atoms with van der Waals surface area (Å²) in [5, 5.41) is 8.81. The van der Waals surface area contributed by atoms with E-state index in [1.165, 1.54) is 35.2 Å². The first kappa shape index (κ1) is 9.39. The number of carboxylic acid groups (broad SMARTS) is 1. The molecule has 0 radical (unpaired) electrons. The van der Waals surface area contributed by atoms with E-state index in [0.29, 0.717) is 5.69 Å². The van der Waals surface area contributed by atoms with Crippen LogP contribution in [-0.4, -0.2) is 20.6 Å². The van der Waals surface area contributed by atoms with E-state index in [2.05, 4.69) is 4.98 Å². The van der Waals surface area contributed by atoms with Gasteiger partial charge >= 0.3 is 5.97 Å². The second kappa shape index (κ2) is 3.53. The highest BCUT2D eigenvalue weighted by atomic mass is 19.1. The van der Waals surface area contributed by atoms with Crippen molar-refractivity contribution in [2.45, 2.75) is 0 Å². The van der Waals surface area contributed by atoms with Crippen LogP contribution in [0.15, 0.2) is 36.7 Å². The normalized spacial score (nSPS) is 10.2. The number of hydrogen-bond donors (Lipinski definition) is 1. The number of halogens is 1. The highest BCUT2D eigenvalue weighted by molar-refractivity contribution is 5.84. The van der Waals surface area contributed by atoms with Crippen molar-refractivity contribution in [3.8, 4) is 5.69 Å². The summed E-state index contributed by atoms with van der Waals surface area (Å²) in [7, 11) is 0. The third-order valence-electron chi connectivity index (χ3n) is 1.92. The maximum atomic E-state index is 12.9. The lowest BCUT2D eigenvalue weighted by Gasteiger charge is -2.04. The molecule has 0 spiro atoms. The molecule has 0 saturated heterocycles. The molecule has 1 aromatic heterocycles. The lowest BCUT2D eigenvalue weighted by Crippen LogP contribution is -2.07.